The van der Waals surface area contributed by atoms with Crippen LogP contribution in [0.1, 0.15) is 24.5 Å². The Balaban J connectivity index is 1.72. The lowest BCUT2D eigenvalue weighted by Crippen LogP contribution is -2.49. The third-order valence-electron chi connectivity index (χ3n) is 5.43. The number of halogens is 1. The Morgan fingerprint density at radius 1 is 1.54 bits per heavy atom. The fraction of sp³-hybridized carbons (Fsp3) is 0.500. The Labute approximate surface area is 155 Å². The first-order valence-electron chi connectivity index (χ1n) is 8.45. The van der Waals surface area contributed by atoms with Gasteiger partial charge in [0.05, 0.1) is 18.8 Å². The number of terminal acetylenes is 1. The van der Waals surface area contributed by atoms with E-state index in [0.29, 0.717) is 38.3 Å². The highest BCUT2D eigenvalue weighted by atomic mass is 32.2. The van der Waals surface area contributed by atoms with Gasteiger partial charge in [-0.25, -0.2) is 4.98 Å². The van der Waals surface area contributed by atoms with Crippen molar-refractivity contribution in [3.05, 3.63) is 29.3 Å². The number of ether oxygens (including phenoxy) is 1. The van der Waals surface area contributed by atoms with E-state index in [-0.39, 0.29) is 22.6 Å². The van der Waals surface area contributed by atoms with Gasteiger partial charge in [-0.2, -0.15) is 4.39 Å². The van der Waals surface area contributed by atoms with Gasteiger partial charge < -0.3 is 15.4 Å². The van der Waals surface area contributed by atoms with E-state index in [1.54, 1.807) is 13.0 Å². The molecule has 2 N–H and O–H groups in total. The smallest absolute Gasteiger partial charge is 0.239 e. The number of aliphatic imine (C=N–C) groups is 1. The highest BCUT2D eigenvalue weighted by molar-refractivity contribution is 8.15. The average Bonchev–Trinajstić information content (AvgIpc) is 3.38. The summed E-state index contributed by atoms with van der Waals surface area (Å²) >= 11 is 1.29. The van der Waals surface area contributed by atoms with Crippen LogP contribution >= 0.6 is 11.8 Å². The van der Waals surface area contributed by atoms with Crippen molar-refractivity contribution in [3.63, 3.8) is 0 Å². The molecule has 1 amide bonds. The number of amides is 1. The summed E-state index contributed by atoms with van der Waals surface area (Å²) in [7, 11) is 0. The van der Waals surface area contributed by atoms with Crippen LogP contribution in [0.5, 0.6) is 0 Å². The summed E-state index contributed by atoms with van der Waals surface area (Å²) in [5.74, 6) is 1.71. The second kappa shape index (κ2) is 5.96. The Bertz CT molecular complexity index is 848. The number of aromatic nitrogens is 1. The van der Waals surface area contributed by atoms with Crippen molar-refractivity contribution in [2.24, 2.45) is 16.6 Å². The van der Waals surface area contributed by atoms with Crippen molar-refractivity contribution in [1.29, 1.82) is 0 Å². The third-order valence-corrected chi connectivity index (χ3v) is 6.72. The molecule has 0 bridgehead atoms. The summed E-state index contributed by atoms with van der Waals surface area (Å²) in [5, 5.41) is 0.286. The Kier molecular flexibility index (Phi) is 3.97. The van der Waals surface area contributed by atoms with E-state index in [2.05, 4.69) is 15.9 Å². The number of morpholine rings is 1. The summed E-state index contributed by atoms with van der Waals surface area (Å²) in [5.41, 5.74) is 5.86. The van der Waals surface area contributed by atoms with Crippen LogP contribution in [0.2, 0.25) is 0 Å². The number of hydrogen-bond acceptors (Lipinski definition) is 6. The van der Waals surface area contributed by atoms with Gasteiger partial charge in [-0.05, 0) is 19.4 Å². The normalized spacial score (nSPS) is 33.0. The fourth-order valence-corrected chi connectivity index (χ4v) is 5.42. The second-order valence-corrected chi connectivity index (χ2v) is 8.31. The standard InChI is InChI=1S/C18H19FN4O2S/c1-3-11-8-12(14(19)21-10-11)17(2)13-9-18(13,26-16(20)22-17)15(24)23-4-6-25-7-5-23/h1,8,10,13H,4-7,9H2,2H3,(H2,20,22)/t13?,17-,18+/m1/s1. The molecule has 26 heavy (non-hydrogen) atoms. The van der Waals surface area contributed by atoms with Crippen molar-refractivity contribution in [2.45, 2.75) is 23.6 Å². The number of carbonyl (C=O) groups excluding carboxylic acids is 1. The molecule has 1 saturated carbocycles. The van der Waals surface area contributed by atoms with Gasteiger partial charge in [-0.1, -0.05) is 17.7 Å². The van der Waals surface area contributed by atoms with E-state index in [9.17, 15) is 9.18 Å². The largest absolute Gasteiger partial charge is 0.378 e. The van der Waals surface area contributed by atoms with Crippen LogP contribution in [0.4, 0.5) is 4.39 Å². The molecule has 2 fully saturated rings. The van der Waals surface area contributed by atoms with Crippen LogP contribution in [-0.2, 0) is 15.1 Å². The highest BCUT2D eigenvalue weighted by Crippen LogP contribution is 2.66. The molecular weight excluding hydrogens is 355 g/mol. The van der Waals surface area contributed by atoms with Crippen LogP contribution in [0.3, 0.4) is 0 Å². The molecule has 0 spiro atoms. The quantitative estimate of drug-likeness (QED) is 0.619. The number of thioether (sulfide) groups is 1. The van der Waals surface area contributed by atoms with Gasteiger partial charge in [0.1, 0.15) is 4.75 Å². The van der Waals surface area contributed by atoms with Crippen molar-refractivity contribution < 1.29 is 13.9 Å². The highest BCUT2D eigenvalue weighted by Gasteiger charge is 2.71. The van der Waals surface area contributed by atoms with E-state index in [1.807, 2.05) is 4.90 Å². The molecule has 2 aliphatic heterocycles. The number of nitrogens with zero attached hydrogens (tertiary/aromatic N) is 3. The van der Waals surface area contributed by atoms with E-state index < -0.39 is 16.2 Å². The first-order chi connectivity index (χ1) is 12.4. The lowest BCUT2D eigenvalue weighted by molar-refractivity contribution is -0.135. The minimum absolute atomic E-state index is 0.0290. The zero-order valence-electron chi connectivity index (χ0n) is 14.4. The third kappa shape index (κ3) is 2.49. The zero-order chi connectivity index (χ0) is 18.5. The van der Waals surface area contributed by atoms with E-state index >= 15 is 0 Å². The predicted molar refractivity (Wildman–Crippen MR) is 96.9 cm³/mol. The first kappa shape index (κ1) is 17.3. The molecule has 1 saturated heterocycles. The summed E-state index contributed by atoms with van der Waals surface area (Å²) in [6, 6.07) is 1.58. The second-order valence-electron chi connectivity index (χ2n) is 6.96. The molecule has 1 unspecified atom stereocenters. The molecule has 3 heterocycles. The van der Waals surface area contributed by atoms with Crippen molar-refractivity contribution >= 4 is 22.8 Å². The molecule has 0 aromatic carbocycles. The number of pyridine rings is 1. The Hall–Kier alpha value is -2.11. The summed E-state index contributed by atoms with van der Waals surface area (Å²) in [4.78, 5) is 23.3. The number of fused-ring (bicyclic) bond motifs is 1. The topological polar surface area (TPSA) is 80.8 Å². The zero-order valence-corrected chi connectivity index (χ0v) is 15.2. The van der Waals surface area contributed by atoms with Gasteiger partial charge in [0.2, 0.25) is 11.9 Å². The molecule has 3 atom stereocenters. The van der Waals surface area contributed by atoms with Crippen molar-refractivity contribution in [1.82, 2.24) is 9.88 Å². The summed E-state index contributed by atoms with van der Waals surface area (Å²) in [6.45, 7) is 3.98. The SMILES string of the molecule is C#Cc1cnc(F)c([C@@]2(C)N=C(N)S[C@@]3(C(=O)N4CCOCC4)CC32)c1. The lowest BCUT2D eigenvalue weighted by Gasteiger charge is -2.36. The lowest BCUT2D eigenvalue weighted by atomic mass is 9.86. The van der Waals surface area contributed by atoms with Gasteiger partial charge in [0.25, 0.3) is 0 Å². The van der Waals surface area contributed by atoms with Gasteiger partial charge in [-0.3, -0.25) is 9.79 Å². The predicted octanol–water partition coefficient (Wildman–Crippen LogP) is 1.10. The molecule has 4 rings (SSSR count). The first-order valence-corrected chi connectivity index (χ1v) is 9.26. The van der Waals surface area contributed by atoms with E-state index in [0.717, 1.165) is 0 Å². The number of nitrogens with two attached hydrogens (primary N) is 1. The summed E-state index contributed by atoms with van der Waals surface area (Å²) < 4.78 is 19.2. The van der Waals surface area contributed by atoms with Gasteiger partial charge in [-0.15, -0.1) is 6.42 Å². The molecule has 136 valence electrons. The molecule has 0 radical (unpaired) electrons. The summed E-state index contributed by atoms with van der Waals surface area (Å²) in [6.07, 6.45) is 7.34. The Morgan fingerprint density at radius 2 is 2.27 bits per heavy atom. The Morgan fingerprint density at radius 3 is 2.96 bits per heavy atom. The van der Waals surface area contributed by atoms with Gasteiger partial charge in [0.15, 0.2) is 5.17 Å². The van der Waals surface area contributed by atoms with Gasteiger partial charge in [0, 0.05) is 36.3 Å². The maximum atomic E-state index is 14.5. The van der Waals surface area contributed by atoms with E-state index in [1.165, 1.54) is 18.0 Å². The number of hydrogen-bond donors (Lipinski definition) is 1. The fourth-order valence-electron chi connectivity index (χ4n) is 3.97. The minimum atomic E-state index is -0.971. The van der Waals surface area contributed by atoms with Crippen LogP contribution < -0.4 is 5.73 Å². The maximum absolute atomic E-state index is 14.5. The molecular formula is C18H19FN4O2S. The van der Waals surface area contributed by atoms with Gasteiger partial charge >= 0.3 is 0 Å². The van der Waals surface area contributed by atoms with Crippen LogP contribution in [0.25, 0.3) is 0 Å². The number of carbonyl (C=O) groups is 1. The molecule has 1 aliphatic carbocycles. The molecule has 3 aliphatic rings. The molecule has 8 heteroatoms. The molecule has 6 nitrogen and oxygen atoms in total. The monoisotopic (exact) mass is 374 g/mol. The number of amidine groups is 1. The van der Waals surface area contributed by atoms with E-state index in [4.69, 9.17) is 16.9 Å². The average molecular weight is 374 g/mol. The number of rotatable bonds is 2. The van der Waals surface area contributed by atoms with Crippen LogP contribution in [-0.4, -0.2) is 52.0 Å². The van der Waals surface area contributed by atoms with Crippen LogP contribution in [0.15, 0.2) is 17.3 Å². The molecule has 1 aromatic heterocycles. The molecule has 1 aromatic rings. The van der Waals surface area contributed by atoms with Crippen molar-refractivity contribution in [3.8, 4) is 12.3 Å². The van der Waals surface area contributed by atoms with Crippen molar-refractivity contribution in [2.75, 3.05) is 26.3 Å². The van der Waals surface area contributed by atoms with Crippen LogP contribution in [0, 0.1) is 24.2 Å². The minimum Gasteiger partial charge on any atom is -0.378 e. The maximum Gasteiger partial charge on any atom is 0.239 e.